The van der Waals surface area contributed by atoms with Gasteiger partial charge in [0.05, 0.1) is 5.52 Å². The van der Waals surface area contributed by atoms with E-state index >= 15 is 0 Å². The second-order valence-corrected chi connectivity index (χ2v) is 3.20. The molecule has 0 aliphatic heterocycles. The first kappa shape index (κ1) is 8.26. The highest BCUT2D eigenvalue weighted by Gasteiger charge is 2.09. The number of benzene rings is 1. The Kier molecular flexibility index (Phi) is 1.81. The number of para-hydroxylation sites is 1. The Labute approximate surface area is 75.6 Å². The first-order valence-electron chi connectivity index (χ1n) is 4.21. The third-order valence-corrected chi connectivity index (χ3v) is 2.19. The van der Waals surface area contributed by atoms with Gasteiger partial charge in [0, 0.05) is 17.6 Å². The number of hydrogen-bond acceptors (Lipinski definition) is 1. The van der Waals surface area contributed by atoms with E-state index in [1.54, 1.807) is 12.3 Å². The highest BCUT2D eigenvalue weighted by molar-refractivity contribution is 5.84. The van der Waals surface area contributed by atoms with Gasteiger partial charge in [-0.05, 0) is 18.6 Å². The molecule has 0 aliphatic rings. The van der Waals surface area contributed by atoms with Gasteiger partial charge in [0.2, 0.25) is 0 Å². The molecule has 0 fully saturated rings. The molecule has 1 heterocycles. The number of halogens is 1. The zero-order valence-corrected chi connectivity index (χ0v) is 7.34. The van der Waals surface area contributed by atoms with Crippen molar-refractivity contribution < 1.29 is 4.39 Å². The summed E-state index contributed by atoms with van der Waals surface area (Å²) in [5.41, 5.74) is 7.22. The van der Waals surface area contributed by atoms with E-state index in [1.165, 1.54) is 6.07 Å². The van der Waals surface area contributed by atoms with Crippen molar-refractivity contribution in [1.29, 1.82) is 0 Å². The minimum Gasteiger partial charge on any atom is -0.358 e. The van der Waals surface area contributed by atoms with Gasteiger partial charge in [0.15, 0.2) is 0 Å². The minimum atomic E-state index is -0.232. The average molecular weight is 178 g/mol. The van der Waals surface area contributed by atoms with E-state index < -0.39 is 0 Å². The fraction of sp³-hybridized carbons (Fsp3) is 0.200. The van der Waals surface area contributed by atoms with Gasteiger partial charge in [-0.25, -0.2) is 4.39 Å². The van der Waals surface area contributed by atoms with Crippen LogP contribution in [0.4, 0.5) is 4.39 Å². The molecule has 68 valence electrons. The molecule has 1 unspecified atom stereocenters. The lowest BCUT2D eigenvalue weighted by Gasteiger charge is -2.01. The second-order valence-electron chi connectivity index (χ2n) is 3.20. The van der Waals surface area contributed by atoms with E-state index in [4.69, 9.17) is 5.73 Å². The Morgan fingerprint density at radius 2 is 2.23 bits per heavy atom. The SMILES string of the molecule is CC(N)c1c[nH]c2c(F)cccc12. The topological polar surface area (TPSA) is 41.8 Å². The molecule has 3 heteroatoms. The Balaban J connectivity index is 2.75. The van der Waals surface area contributed by atoms with Gasteiger partial charge < -0.3 is 10.7 Å². The number of aromatic amines is 1. The monoisotopic (exact) mass is 178 g/mol. The van der Waals surface area contributed by atoms with Crippen molar-refractivity contribution in [2.75, 3.05) is 0 Å². The van der Waals surface area contributed by atoms with E-state index in [-0.39, 0.29) is 11.9 Å². The Bertz CT molecular complexity index is 431. The third kappa shape index (κ3) is 1.21. The summed E-state index contributed by atoms with van der Waals surface area (Å²) in [6, 6.07) is 4.92. The number of H-pyrrole nitrogens is 1. The summed E-state index contributed by atoms with van der Waals surface area (Å²) < 4.78 is 13.2. The fourth-order valence-corrected chi connectivity index (χ4v) is 1.52. The number of hydrogen-bond donors (Lipinski definition) is 2. The number of aromatic nitrogens is 1. The van der Waals surface area contributed by atoms with Gasteiger partial charge in [-0.2, -0.15) is 0 Å². The van der Waals surface area contributed by atoms with E-state index in [9.17, 15) is 4.39 Å². The van der Waals surface area contributed by atoms with E-state index in [0.29, 0.717) is 5.52 Å². The van der Waals surface area contributed by atoms with Crippen LogP contribution < -0.4 is 5.73 Å². The van der Waals surface area contributed by atoms with E-state index in [2.05, 4.69) is 4.98 Å². The minimum absolute atomic E-state index is 0.0736. The van der Waals surface area contributed by atoms with Gasteiger partial charge in [-0.1, -0.05) is 12.1 Å². The highest BCUT2D eigenvalue weighted by Crippen LogP contribution is 2.24. The van der Waals surface area contributed by atoms with Crippen LogP contribution in [0.25, 0.3) is 10.9 Å². The van der Waals surface area contributed by atoms with Gasteiger partial charge in [0.1, 0.15) is 5.82 Å². The predicted molar refractivity (Wildman–Crippen MR) is 50.9 cm³/mol. The largest absolute Gasteiger partial charge is 0.358 e. The number of nitrogens with two attached hydrogens (primary N) is 1. The van der Waals surface area contributed by atoms with Crippen LogP contribution >= 0.6 is 0 Å². The number of rotatable bonds is 1. The third-order valence-electron chi connectivity index (χ3n) is 2.19. The Morgan fingerprint density at radius 3 is 2.92 bits per heavy atom. The summed E-state index contributed by atoms with van der Waals surface area (Å²) in [4.78, 5) is 2.88. The molecule has 0 saturated carbocycles. The lowest BCUT2D eigenvalue weighted by atomic mass is 10.1. The van der Waals surface area contributed by atoms with Crippen molar-refractivity contribution >= 4 is 10.9 Å². The lowest BCUT2D eigenvalue weighted by Crippen LogP contribution is -2.03. The Morgan fingerprint density at radius 1 is 1.46 bits per heavy atom. The van der Waals surface area contributed by atoms with E-state index in [1.807, 2.05) is 13.0 Å². The normalized spacial score (nSPS) is 13.5. The molecule has 2 rings (SSSR count). The van der Waals surface area contributed by atoms with Crippen LogP contribution in [0, 0.1) is 5.82 Å². The number of fused-ring (bicyclic) bond motifs is 1. The summed E-state index contributed by atoms with van der Waals surface area (Å²) >= 11 is 0. The molecule has 1 aromatic carbocycles. The van der Waals surface area contributed by atoms with E-state index in [0.717, 1.165) is 10.9 Å². The molecule has 0 spiro atoms. The van der Waals surface area contributed by atoms with Gasteiger partial charge in [0.25, 0.3) is 0 Å². The maximum absolute atomic E-state index is 13.2. The summed E-state index contributed by atoms with van der Waals surface area (Å²) in [7, 11) is 0. The molecule has 0 radical (unpaired) electrons. The Hall–Kier alpha value is -1.35. The molecular weight excluding hydrogens is 167 g/mol. The van der Waals surface area contributed by atoms with Crippen LogP contribution in [-0.2, 0) is 0 Å². The molecule has 0 saturated heterocycles. The first-order valence-corrected chi connectivity index (χ1v) is 4.21. The molecule has 1 aromatic heterocycles. The summed E-state index contributed by atoms with van der Waals surface area (Å²) in [5, 5.41) is 0.870. The van der Waals surface area contributed by atoms with Crippen molar-refractivity contribution in [3.63, 3.8) is 0 Å². The predicted octanol–water partition coefficient (Wildman–Crippen LogP) is 2.33. The zero-order valence-electron chi connectivity index (χ0n) is 7.34. The van der Waals surface area contributed by atoms with Crippen LogP contribution in [0.15, 0.2) is 24.4 Å². The summed E-state index contributed by atoms with van der Waals surface area (Å²) in [6.07, 6.45) is 1.76. The standard InChI is InChI=1S/C10H11FN2/c1-6(12)8-5-13-10-7(8)3-2-4-9(10)11/h2-6,13H,12H2,1H3. The van der Waals surface area contributed by atoms with Crippen LogP contribution in [0.5, 0.6) is 0 Å². The lowest BCUT2D eigenvalue weighted by molar-refractivity contribution is 0.637. The summed E-state index contributed by atoms with van der Waals surface area (Å²) in [5.74, 6) is -0.232. The first-order chi connectivity index (χ1) is 6.20. The molecule has 1 atom stereocenters. The van der Waals surface area contributed by atoms with Gasteiger partial charge in [-0.3, -0.25) is 0 Å². The molecular formula is C10H11FN2. The molecule has 13 heavy (non-hydrogen) atoms. The quantitative estimate of drug-likeness (QED) is 0.691. The maximum Gasteiger partial charge on any atom is 0.147 e. The highest BCUT2D eigenvalue weighted by atomic mass is 19.1. The van der Waals surface area contributed by atoms with Crippen LogP contribution in [0.3, 0.4) is 0 Å². The average Bonchev–Trinajstić information content (AvgIpc) is 2.48. The van der Waals surface area contributed by atoms with Crippen LogP contribution in [0.1, 0.15) is 18.5 Å². The molecule has 0 aliphatic carbocycles. The maximum atomic E-state index is 13.2. The van der Waals surface area contributed by atoms with Crippen molar-refractivity contribution in [3.05, 3.63) is 35.8 Å². The van der Waals surface area contributed by atoms with Crippen molar-refractivity contribution in [2.45, 2.75) is 13.0 Å². The molecule has 3 N–H and O–H groups in total. The molecule has 2 nitrogen and oxygen atoms in total. The van der Waals surface area contributed by atoms with Gasteiger partial charge in [-0.15, -0.1) is 0 Å². The summed E-state index contributed by atoms with van der Waals surface area (Å²) in [6.45, 7) is 1.88. The van der Waals surface area contributed by atoms with Gasteiger partial charge >= 0.3 is 0 Å². The van der Waals surface area contributed by atoms with Crippen LogP contribution in [0.2, 0.25) is 0 Å². The van der Waals surface area contributed by atoms with Crippen LogP contribution in [-0.4, -0.2) is 4.98 Å². The fourth-order valence-electron chi connectivity index (χ4n) is 1.52. The molecule has 0 amide bonds. The number of nitrogens with one attached hydrogen (secondary N) is 1. The smallest absolute Gasteiger partial charge is 0.147 e. The molecule has 0 bridgehead atoms. The zero-order chi connectivity index (χ0) is 9.42. The van der Waals surface area contributed by atoms with Crippen molar-refractivity contribution in [3.8, 4) is 0 Å². The second kappa shape index (κ2) is 2.85. The van der Waals surface area contributed by atoms with Crippen molar-refractivity contribution in [2.24, 2.45) is 5.73 Å². The van der Waals surface area contributed by atoms with Crippen molar-refractivity contribution in [1.82, 2.24) is 4.98 Å². The molecule has 2 aromatic rings.